The lowest BCUT2D eigenvalue weighted by molar-refractivity contribution is -0.127. The first-order chi connectivity index (χ1) is 14.0. The van der Waals surface area contributed by atoms with E-state index < -0.39 is 17.9 Å². The van der Waals surface area contributed by atoms with Crippen LogP contribution in [0.15, 0.2) is 36.7 Å². The zero-order chi connectivity index (χ0) is 20.6. The molecule has 10 heteroatoms. The monoisotopic (exact) mass is 400 g/mol. The predicted octanol–water partition coefficient (Wildman–Crippen LogP) is -0.457. The third kappa shape index (κ3) is 5.95. The molecule has 0 spiro atoms. The molecular weight excluding hydrogens is 376 g/mol. The molecule has 0 aliphatic carbocycles. The summed E-state index contributed by atoms with van der Waals surface area (Å²) in [5, 5.41) is 24.1. The first-order valence-electron chi connectivity index (χ1n) is 9.29. The van der Waals surface area contributed by atoms with E-state index in [1.54, 1.807) is 0 Å². The fourth-order valence-electron chi connectivity index (χ4n) is 3.16. The molecule has 0 bridgehead atoms. The average molecular weight is 400 g/mol. The molecule has 1 aromatic heterocycles. The molecule has 1 aliphatic rings. The van der Waals surface area contributed by atoms with Crippen molar-refractivity contribution in [3.05, 3.63) is 53.5 Å². The fraction of sp³-hybridized carbons (Fsp3) is 0.368. The van der Waals surface area contributed by atoms with E-state index in [9.17, 15) is 14.7 Å². The Labute approximate surface area is 167 Å². The van der Waals surface area contributed by atoms with Crippen molar-refractivity contribution in [1.82, 2.24) is 25.7 Å². The quantitative estimate of drug-likeness (QED) is 0.296. The Morgan fingerprint density at radius 2 is 2.00 bits per heavy atom. The van der Waals surface area contributed by atoms with Crippen molar-refractivity contribution >= 4 is 17.6 Å². The van der Waals surface area contributed by atoms with Gasteiger partial charge in [-0.15, -0.1) is 0 Å². The number of rotatable bonds is 8. The van der Waals surface area contributed by atoms with Crippen LogP contribution in [0.3, 0.4) is 0 Å². The first-order valence-corrected chi connectivity index (χ1v) is 9.29. The average Bonchev–Trinajstić information content (AvgIpc) is 2.76. The minimum atomic E-state index is -0.711. The molecule has 0 unspecified atom stereocenters. The lowest BCUT2D eigenvalue weighted by Gasteiger charge is -2.30. The fourth-order valence-corrected chi connectivity index (χ4v) is 3.16. The zero-order valence-electron chi connectivity index (χ0n) is 15.8. The molecule has 0 saturated heterocycles. The second-order valence-electron chi connectivity index (χ2n) is 6.79. The molecule has 154 valence electrons. The molecule has 10 nitrogen and oxygen atoms in total. The van der Waals surface area contributed by atoms with Crippen LogP contribution in [0.2, 0.25) is 0 Å². The summed E-state index contributed by atoms with van der Waals surface area (Å²) in [4.78, 5) is 33.3. The molecule has 0 saturated carbocycles. The second kappa shape index (κ2) is 9.92. The van der Waals surface area contributed by atoms with Gasteiger partial charge in [0, 0.05) is 32.2 Å². The van der Waals surface area contributed by atoms with Crippen LogP contribution in [0, 0.1) is 0 Å². The maximum atomic E-state index is 12.3. The number of hydrogen-bond donors (Lipinski definition) is 5. The molecule has 29 heavy (non-hydrogen) atoms. The highest BCUT2D eigenvalue weighted by Crippen LogP contribution is 2.18. The summed E-state index contributed by atoms with van der Waals surface area (Å²) in [6.07, 6.45) is 1.42. The smallest absolute Gasteiger partial charge is 0.270 e. The molecule has 1 aromatic carbocycles. The van der Waals surface area contributed by atoms with Gasteiger partial charge in [0.2, 0.25) is 0 Å². The number of aromatic nitrogens is 2. The van der Waals surface area contributed by atoms with Crippen molar-refractivity contribution in [2.45, 2.75) is 19.1 Å². The van der Waals surface area contributed by atoms with Gasteiger partial charge < -0.3 is 15.7 Å². The maximum absolute atomic E-state index is 12.3. The zero-order valence-corrected chi connectivity index (χ0v) is 15.8. The number of amides is 2. The summed E-state index contributed by atoms with van der Waals surface area (Å²) in [5.74, 6) is -0.829. The van der Waals surface area contributed by atoms with Gasteiger partial charge in [-0.2, -0.15) is 0 Å². The highest BCUT2D eigenvalue weighted by Gasteiger charge is 2.19. The molecule has 1 aliphatic heterocycles. The molecule has 1 atom stereocenters. The summed E-state index contributed by atoms with van der Waals surface area (Å²) in [6, 6.07) is 9.66. The molecule has 2 heterocycles. The number of fused-ring (bicyclic) bond motifs is 1. The van der Waals surface area contributed by atoms with Crippen molar-refractivity contribution < 1.29 is 19.9 Å². The van der Waals surface area contributed by atoms with Gasteiger partial charge in [0.25, 0.3) is 11.8 Å². The van der Waals surface area contributed by atoms with E-state index in [1.165, 1.54) is 29.0 Å². The standard InChI is InChI=1S/C19H24N6O4/c26-15(11-25-6-5-13-3-1-2-4-14(13)10-25)8-21-19(28)16-7-17(23-12-22-16)20-9-18(27)24-29/h1-4,7,12,15,26,29H,5-6,8-11H2,(H,21,28)(H,24,27)(H,20,22,23)/t15-/m0/s1. The van der Waals surface area contributed by atoms with Gasteiger partial charge in [0.1, 0.15) is 17.8 Å². The summed E-state index contributed by atoms with van der Waals surface area (Å²) >= 11 is 0. The van der Waals surface area contributed by atoms with E-state index in [1.807, 2.05) is 12.1 Å². The number of nitrogens with one attached hydrogen (secondary N) is 3. The summed E-state index contributed by atoms with van der Waals surface area (Å²) < 4.78 is 0. The minimum absolute atomic E-state index is 0.0939. The topological polar surface area (TPSA) is 140 Å². The van der Waals surface area contributed by atoms with Crippen LogP contribution in [-0.4, -0.2) is 69.3 Å². The maximum Gasteiger partial charge on any atom is 0.270 e. The van der Waals surface area contributed by atoms with Crippen LogP contribution in [-0.2, 0) is 17.8 Å². The molecule has 0 radical (unpaired) electrons. The van der Waals surface area contributed by atoms with Crippen molar-refractivity contribution in [3.63, 3.8) is 0 Å². The van der Waals surface area contributed by atoms with E-state index in [4.69, 9.17) is 5.21 Å². The van der Waals surface area contributed by atoms with E-state index >= 15 is 0 Å². The van der Waals surface area contributed by atoms with Gasteiger partial charge in [-0.3, -0.25) is 19.7 Å². The number of hydroxylamine groups is 1. The normalized spacial score (nSPS) is 14.6. The largest absolute Gasteiger partial charge is 0.390 e. The Hall–Kier alpha value is -3.08. The van der Waals surface area contributed by atoms with Gasteiger partial charge in [0.15, 0.2) is 0 Å². The lowest BCUT2D eigenvalue weighted by Crippen LogP contribution is -2.42. The molecule has 5 N–H and O–H groups in total. The second-order valence-corrected chi connectivity index (χ2v) is 6.79. The van der Waals surface area contributed by atoms with Gasteiger partial charge in [-0.25, -0.2) is 15.4 Å². The highest BCUT2D eigenvalue weighted by molar-refractivity contribution is 5.93. The van der Waals surface area contributed by atoms with E-state index in [0.717, 1.165) is 19.5 Å². The number of aliphatic hydroxyl groups excluding tert-OH is 1. The van der Waals surface area contributed by atoms with Crippen molar-refractivity contribution in [2.75, 3.05) is 31.5 Å². The lowest BCUT2D eigenvalue weighted by atomic mass is 10.00. The Kier molecular flexibility index (Phi) is 7.06. The summed E-state index contributed by atoms with van der Waals surface area (Å²) in [5.41, 5.74) is 4.20. The SMILES string of the molecule is O=C(CNc1cc(C(=O)NC[C@H](O)CN2CCc3ccccc3C2)ncn1)NO. The van der Waals surface area contributed by atoms with Gasteiger partial charge in [0.05, 0.1) is 12.6 Å². The first kappa shape index (κ1) is 20.6. The molecule has 2 aromatic rings. The molecule has 3 rings (SSSR count). The Morgan fingerprint density at radius 1 is 1.21 bits per heavy atom. The van der Waals surface area contributed by atoms with Crippen molar-refractivity contribution in [2.24, 2.45) is 0 Å². The number of aliphatic hydroxyl groups is 1. The van der Waals surface area contributed by atoms with Gasteiger partial charge in [-0.1, -0.05) is 24.3 Å². The third-order valence-electron chi connectivity index (χ3n) is 4.63. The van der Waals surface area contributed by atoms with Crippen LogP contribution < -0.4 is 16.1 Å². The van der Waals surface area contributed by atoms with E-state index in [2.05, 4.69) is 37.6 Å². The number of hydrogen-bond acceptors (Lipinski definition) is 8. The van der Waals surface area contributed by atoms with Crippen molar-refractivity contribution in [3.8, 4) is 0 Å². The Bertz CT molecular complexity index is 862. The summed E-state index contributed by atoms with van der Waals surface area (Å²) in [6.45, 7) is 2.00. The van der Waals surface area contributed by atoms with Crippen LogP contribution in [0.25, 0.3) is 0 Å². The van der Waals surface area contributed by atoms with Crippen LogP contribution in [0.4, 0.5) is 5.82 Å². The number of benzene rings is 1. The number of β-amino-alcohol motifs (C(OH)–C–C–N with tert-alkyl or cyclic N) is 1. The van der Waals surface area contributed by atoms with Gasteiger partial charge >= 0.3 is 0 Å². The van der Waals surface area contributed by atoms with Crippen molar-refractivity contribution in [1.29, 1.82) is 0 Å². The highest BCUT2D eigenvalue weighted by atomic mass is 16.5. The van der Waals surface area contributed by atoms with Crippen LogP contribution >= 0.6 is 0 Å². The van der Waals surface area contributed by atoms with Crippen LogP contribution in [0.1, 0.15) is 21.6 Å². The number of anilines is 1. The Morgan fingerprint density at radius 3 is 2.79 bits per heavy atom. The van der Waals surface area contributed by atoms with Gasteiger partial charge in [-0.05, 0) is 17.5 Å². The molecule has 0 fully saturated rings. The number of carbonyl (C=O) groups is 2. The predicted molar refractivity (Wildman–Crippen MR) is 104 cm³/mol. The molecular formula is C19H24N6O4. The van der Waals surface area contributed by atoms with Crippen LogP contribution in [0.5, 0.6) is 0 Å². The Balaban J connectivity index is 1.46. The summed E-state index contributed by atoms with van der Waals surface area (Å²) in [7, 11) is 0. The third-order valence-corrected chi connectivity index (χ3v) is 4.63. The minimum Gasteiger partial charge on any atom is -0.390 e. The number of nitrogens with zero attached hydrogens (tertiary/aromatic N) is 3. The van der Waals surface area contributed by atoms with E-state index in [0.29, 0.717) is 6.54 Å². The molecule has 2 amide bonds. The number of carbonyl (C=O) groups excluding carboxylic acids is 2. The van der Waals surface area contributed by atoms with E-state index in [-0.39, 0.29) is 24.6 Å².